The van der Waals surface area contributed by atoms with E-state index in [1.807, 2.05) is 36.4 Å². The minimum Gasteiger partial charge on any atom is -0.437 e. The van der Waals surface area contributed by atoms with Crippen molar-refractivity contribution >= 4 is 17.4 Å². The van der Waals surface area contributed by atoms with E-state index in [-0.39, 0.29) is 28.7 Å². The number of alkyl halides is 3. The Morgan fingerprint density at radius 3 is 2.64 bits per heavy atom. The maximum Gasteiger partial charge on any atom is 0.416 e. The number of hydrogen-bond acceptors (Lipinski definition) is 3. The number of benzene rings is 2. The minimum atomic E-state index is -4.49. The molecule has 0 amide bonds. The van der Waals surface area contributed by atoms with Gasteiger partial charge in [0.05, 0.1) is 11.1 Å². The lowest BCUT2D eigenvalue weighted by Gasteiger charge is -2.09. The molecule has 28 heavy (non-hydrogen) atoms. The fraction of sp³-hybridized carbons (Fsp3) is 0.136. The van der Waals surface area contributed by atoms with Crippen molar-refractivity contribution in [2.24, 2.45) is 0 Å². The summed E-state index contributed by atoms with van der Waals surface area (Å²) < 4.78 is 44.8. The van der Waals surface area contributed by atoms with Crippen molar-refractivity contribution in [2.45, 2.75) is 12.1 Å². The molecule has 0 bridgehead atoms. The van der Waals surface area contributed by atoms with Crippen LogP contribution in [0.2, 0.25) is 0 Å². The third-order valence-electron chi connectivity index (χ3n) is 4.76. The molecule has 2 aromatic carbocycles. The van der Waals surface area contributed by atoms with Gasteiger partial charge in [0.2, 0.25) is 11.7 Å². The summed E-state index contributed by atoms with van der Waals surface area (Å²) in [6.45, 7) is 0. The first-order valence-corrected chi connectivity index (χ1v) is 8.69. The van der Waals surface area contributed by atoms with E-state index in [1.54, 1.807) is 13.1 Å². The van der Waals surface area contributed by atoms with Crippen LogP contribution in [0.1, 0.15) is 28.2 Å². The second-order valence-electron chi connectivity index (χ2n) is 6.51. The molecule has 1 unspecified atom stereocenters. The van der Waals surface area contributed by atoms with Crippen molar-refractivity contribution in [3.8, 4) is 0 Å². The molecule has 0 aromatic heterocycles. The Balaban J connectivity index is 1.69. The molecule has 6 heteroatoms. The third kappa shape index (κ3) is 3.11. The van der Waals surface area contributed by atoms with E-state index in [0.717, 1.165) is 23.3 Å². The van der Waals surface area contributed by atoms with E-state index in [9.17, 15) is 18.0 Å². The number of fused-ring (bicyclic) bond motifs is 1. The van der Waals surface area contributed by atoms with Crippen LogP contribution < -0.4 is 5.32 Å². The Bertz CT molecular complexity index is 1050. The van der Waals surface area contributed by atoms with Gasteiger partial charge in [-0.1, -0.05) is 48.6 Å². The number of hydrogen-bond donors (Lipinski definition) is 1. The molecular formula is C22H16F3NO2. The van der Waals surface area contributed by atoms with Gasteiger partial charge in [-0.2, -0.15) is 13.2 Å². The van der Waals surface area contributed by atoms with Crippen LogP contribution in [0.3, 0.4) is 0 Å². The maximum atomic E-state index is 13.1. The van der Waals surface area contributed by atoms with Gasteiger partial charge in [0.1, 0.15) is 0 Å². The first-order chi connectivity index (χ1) is 13.4. The van der Waals surface area contributed by atoms with Gasteiger partial charge in [-0.15, -0.1) is 0 Å². The van der Waals surface area contributed by atoms with Gasteiger partial charge >= 0.3 is 6.18 Å². The molecule has 2 aliphatic rings. The number of carbonyl (C=O) groups excluding carboxylic acids is 1. The lowest BCUT2D eigenvalue weighted by Crippen LogP contribution is -2.09. The fourth-order valence-corrected chi connectivity index (χ4v) is 3.42. The highest BCUT2D eigenvalue weighted by Gasteiger charge is 2.35. The van der Waals surface area contributed by atoms with Crippen LogP contribution in [-0.4, -0.2) is 12.8 Å². The largest absolute Gasteiger partial charge is 0.437 e. The Morgan fingerprint density at radius 2 is 1.89 bits per heavy atom. The fourth-order valence-electron chi connectivity index (χ4n) is 3.42. The van der Waals surface area contributed by atoms with E-state index in [4.69, 9.17) is 4.74 Å². The summed E-state index contributed by atoms with van der Waals surface area (Å²) in [4.78, 5) is 12.9. The van der Waals surface area contributed by atoms with E-state index in [0.29, 0.717) is 0 Å². The van der Waals surface area contributed by atoms with Crippen LogP contribution in [0.15, 0.2) is 72.3 Å². The van der Waals surface area contributed by atoms with E-state index < -0.39 is 17.5 Å². The van der Waals surface area contributed by atoms with Crippen molar-refractivity contribution in [1.82, 2.24) is 5.32 Å². The van der Waals surface area contributed by atoms with Crippen molar-refractivity contribution in [3.05, 3.63) is 94.6 Å². The Kier molecular flexibility index (Phi) is 4.34. The second-order valence-corrected chi connectivity index (χ2v) is 6.51. The number of halogens is 3. The molecule has 1 N–H and O–H groups in total. The maximum absolute atomic E-state index is 13.1. The zero-order valence-electron chi connectivity index (χ0n) is 14.9. The summed E-state index contributed by atoms with van der Waals surface area (Å²) in [6.07, 6.45) is 1.13. The average Bonchev–Trinajstić information content (AvgIpc) is 3.23. The van der Waals surface area contributed by atoms with Gasteiger partial charge in [-0.05, 0) is 34.9 Å². The first-order valence-electron chi connectivity index (χ1n) is 8.69. The quantitative estimate of drug-likeness (QED) is 0.768. The number of allylic oxidation sites excluding steroid dienone is 3. The standard InChI is InChI=1S/C22H16F3NO2/c1-26-21-19(15-6-4-7-16(11-15)22(23,24)25)20(27)18(28-21)12-14-10-9-13-5-2-3-8-17(13)14/h2-12,14,26H,1H3/b18-12-. The van der Waals surface area contributed by atoms with E-state index in [1.165, 1.54) is 12.1 Å². The molecule has 4 rings (SSSR count). The summed E-state index contributed by atoms with van der Waals surface area (Å²) in [5.74, 6) is -0.329. The number of nitrogens with one attached hydrogen (secondary N) is 1. The monoisotopic (exact) mass is 383 g/mol. The van der Waals surface area contributed by atoms with Crippen molar-refractivity contribution in [2.75, 3.05) is 7.05 Å². The van der Waals surface area contributed by atoms with Gasteiger partial charge in [0, 0.05) is 13.0 Å². The van der Waals surface area contributed by atoms with Crippen LogP contribution >= 0.6 is 0 Å². The minimum absolute atomic E-state index is 0.0927. The van der Waals surface area contributed by atoms with Gasteiger partial charge in [0.15, 0.2) is 5.76 Å². The molecule has 3 nitrogen and oxygen atoms in total. The highest BCUT2D eigenvalue weighted by atomic mass is 19.4. The molecule has 0 spiro atoms. The highest BCUT2D eigenvalue weighted by molar-refractivity contribution is 6.30. The summed E-state index contributed by atoms with van der Waals surface area (Å²) in [5, 5.41) is 2.77. The zero-order valence-corrected chi connectivity index (χ0v) is 14.9. The molecule has 0 fully saturated rings. The molecule has 142 valence electrons. The highest BCUT2D eigenvalue weighted by Crippen LogP contribution is 2.38. The smallest absolute Gasteiger partial charge is 0.416 e. The van der Waals surface area contributed by atoms with Gasteiger partial charge in [-0.25, -0.2) is 0 Å². The summed E-state index contributed by atoms with van der Waals surface area (Å²) in [7, 11) is 1.56. The van der Waals surface area contributed by atoms with Crippen molar-refractivity contribution in [1.29, 1.82) is 0 Å². The Morgan fingerprint density at radius 1 is 1.11 bits per heavy atom. The van der Waals surface area contributed by atoms with Crippen LogP contribution in [0.5, 0.6) is 0 Å². The SMILES string of the molecule is CNC1=C(c2cccc(C(F)(F)F)c2)C(=O)/C(=C/C2C=Cc3ccccc32)O1. The average molecular weight is 383 g/mol. The van der Waals surface area contributed by atoms with E-state index in [2.05, 4.69) is 5.32 Å². The van der Waals surface area contributed by atoms with Gasteiger partial charge in [0.25, 0.3) is 0 Å². The third-order valence-corrected chi connectivity index (χ3v) is 4.76. The lowest BCUT2D eigenvalue weighted by atomic mass is 9.96. The number of ether oxygens (including phenoxy) is 1. The Hall–Kier alpha value is -3.28. The van der Waals surface area contributed by atoms with Crippen LogP contribution in [-0.2, 0) is 15.7 Å². The number of ketones is 1. The first kappa shape index (κ1) is 18.1. The van der Waals surface area contributed by atoms with Crippen LogP contribution in [0.25, 0.3) is 11.6 Å². The molecule has 1 heterocycles. The summed E-state index contributed by atoms with van der Waals surface area (Å²) >= 11 is 0. The zero-order chi connectivity index (χ0) is 19.9. The molecule has 1 atom stereocenters. The predicted octanol–water partition coefficient (Wildman–Crippen LogP) is 4.89. The molecule has 2 aromatic rings. The second kappa shape index (κ2) is 6.71. The number of rotatable bonds is 3. The predicted molar refractivity (Wildman–Crippen MR) is 99.8 cm³/mol. The molecular weight excluding hydrogens is 367 g/mol. The van der Waals surface area contributed by atoms with Gasteiger partial charge < -0.3 is 10.1 Å². The Labute approximate surface area is 159 Å². The van der Waals surface area contributed by atoms with Crippen LogP contribution in [0, 0.1) is 0 Å². The summed E-state index contributed by atoms with van der Waals surface area (Å²) in [6, 6.07) is 12.5. The lowest BCUT2D eigenvalue weighted by molar-refractivity contribution is -0.137. The molecule has 0 saturated heterocycles. The topological polar surface area (TPSA) is 38.3 Å². The molecule has 0 radical (unpaired) electrons. The number of carbonyl (C=O) groups is 1. The molecule has 0 saturated carbocycles. The number of Topliss-reactive ketones (excluding diaryl/α,β-unsaturated/α-hetero) is 1. The van der Waals surface area contributed by atoms with E-state index >= 15 is 0 Å². The van der Waals surface area contributed by atoms with Crippen molar-refractivity contribution in [3.63, 3.8) is 0 Å². The molecule has 1 aliphatic carbocycles. The van der Waals surface area contributed by atoms with Gasteiger partial charge in [-0.3, -0.25) is 4.79 Å². The summed E-state index contributed by atoms with van der Waals surface area (Å²) in [5.41, 5.74) is 1.55. The molecule has 1 aliphatic heterocycles. The van der Waals surface area contributed by atoms with Crippen LogP contribution in [0.4, 0.5) is 13.2 Å². The normalized spacial score (nSPS) is 19.9. The van der Waals surface area contributed by atoms with Crippen molar-refractivity contribution < 1.29 is 22.7 Å².